The second kappa shape index (κ2) is 14.3. The second-order valence-corrected chi connectivity index (χ2v) is 10.4. The number of rotatable bonds is 10. The Morgan fingerprint density at radius 3 is 2.52 bits per heavy atom. The Morgan fingerprint density at radius 2 is 1.83 bits per heavy atom. The SMILES string of the molecule is CCNC(=O)C(C#N)=c1sc(=CNc2cccc(NC(=O)CN3CCN(c4ccccc4OC)CC3)n2)c(=O)n1CC. The van der Waals surface area contributed by atoms with Crippen LogP contribution in [-0.2, 0) is 16.1 Å². The van der Waals surface area contributed by atoms with Crippen LogP contribution in [0, 0.1) is 11.3 Å². The molecule has 0 radical (unpaired) electrons. The van der Waals surface area contributed by atoms with E-state index in [1.807, 2.05) is 30.3 Å². The first-order valence-electron chi connectivity index (χ1n) is 13.6. The summed E-state index contributed by atoms with van der Waals surface area (Å²) in [7, 11) is 1.66. The number of amides is 2. The van der Waals surface area contributed by atoms with Gasteiger partial charge in [0.15, 0.2) is 5.57 Å². The zero-order chi connectivity index (χ0) is 30.1. The molecule has 220 valence electrons. The summed E-state index contributed by atoms with van der Waals surface area (Å²) in [5.41, 5.74) is 0.620. The number of nitrogens with one attached hydrogen (secondary N) is 3. The maximum atomic E-state index is 12.9. The molecule has 1 saturated heterocycles. The van der Waals surface area contributed by atoms with Crippen LogP contribution in [0.1, 0.15) is 13.8 Å². The average molecular weight is 591 g/mol. The molecule has 0 saturated carbocycles. The zero-order valence-corrected chi connectivity index (χ0v) is 24.7. The number of hydrogen-bond donors (Lipinski definition) is 3. The Bertz CT molecular complexity index is 1650. The predicted octanol–water partition coefficient (Wildman–Crippen LogP) is 0.754. The first-order chi connectivity index (χ1) is 20.4. The fourth-order valence-electron chi connectivity index (χ4n) is 4.58. The van der Waals surface area contributed by atoms with Gasteiger partial charge in [0, 0.05) is 45.5 Å². The number of thiazole rings is 1. The van der Waals surface area contributed by atoms with Crippen LogP contribution >= 0.6 is 11.3 Å². The van der Waals surface area contributed by atoms with Gasteiger partial charge in [-0.1, -0.05) is 18.2 Å². The molecule has 3 heterocycles. The third-order valence-corrected chi connectivity index (χ3v) is 7.78. The summed E-state index contributed by atoms with van der Waals surface area (Å²) >= 11 is 1.05. The number of methoxy groups -OCH3 is 1. The Balaban J connectivity index is 1.40. The molecule has 0 spiro atoms. The Morgan fingerprint density at radius 1 is 1.10 bits per heavy atom. The van der Waals surface area contributed by atoms with E-state index in [4.69, 9.17) is 4.74 Å². The van der Waals surface area contributed by atoms with Crippen LogP contribution in [0.2, 0.25) is 0 Å². The molecule has 0 bridgehead atoms. The van der Waals surface area contributed by atoms with E-state index < -0.39 is 5.91 Å². The molecular formula is C29H34N8O4S. The highest BCUT2D eigenvalue weighted by Gasteiger charge is 2.21. The van der Waals surface area contributed by atoms with Crippen molar-refractivity contribution in [3.63, 3.8) is 0 Å². The third kappa shape index (κ3) is 7.15. The van der Waals surface area contributed by atoms with E-state index in [0.717, 1.165) is 49.0 Å². The van der Waals surface area contributed by atoms with Crippen LogP contribution in [0.3, 0.4) is 0 Å². The van der Waals surface area contributed by atoms with Crippen molar-refractivity contribution >= 4 is 52.2 Å². The largest absolute Gasteiger partial charge is 0.495 e. The Kier molecular flexibility index (Phi) is 10.3. The Hall–Kier alpha value is -4.67. The number of pyridine rings is 1. The van der Waals surface area contributed by atoms with E-state index in [1.165, 1.54) is 10.8 Å². The van der Waals surface area contributed by atoms with E-state index in [-0.39, 0.29) is 23.6 Å². The lowest BCUT2D eigenvalue weighted by atomic mass is 10.2. The predicted molar refractivity (Wildman–Crippen MR) is 164 cm³/mol. The second-order valence-electron chi connectivity index (χ2n) is 9.35. The zero-order valence-electron chi connectivity index (χ0n) is 23.8. The number of hydrogen-bond acceptors (Lipinski definition) is 10. The molecule has 0 aliphatic carbocycles. The summed E-state index contributed by atoms with van der Waals surface area (Å²) in [5, 5.41) is 18.0. The average Bonchev–Trinajstić information content (AvgIpc) is 3.31. The van der Waals surface area contributed by atoms with Crippen molar-refractivity contribution in [1.29, 1.82) is 5.26 Å². The lowest BCUT2D eigenvalue weighted by molar-refractivity contribution is -0.117. The molecule has 4 rings (SSSR count). The smallest absolute Gasteiger partial charge is 0.270 e. The van der Waals surface area contributed by atoms with Crippen molar-refractivity contribution in [2.24, 2.45) is 0 Å². The number of ether oxygens (including phenoxy) is 1. The molecule has 12 nitrogen and oxygen atoms in total. The highest BCUT2D eigenvalue weighted by atomic mass is 32.1. The monoisotopic (exact) mass is 590 g/mol. The van der Waals surface area contributed by atoms with Gasteiger partial charge in [-0.15, -0.1) is 11.3 Å². The highest BCUT2D eigenvalue weighted by molar-refractivity contribution is 7.07. The maximum Gasteiger partial charge on any atom is 0.270 e. The van der Waals surface area contributed by atoms with Crippen molar-refractivity contribution in [3.05, 3.63) is 62.0 Å². The number of piperazine rings is 1. The van der Waals surface area contributed by atoms with Gasteiger partial charge in [0.25, 0.3) is 11.5 Å². The lowest BCUT2D eigenvalue weighted by Gasteiger charge is -2.36. The van der Waals surface area contributed by atoms with E-state index in [9.17, 15) is 19.6 Å². The topological polar surface area (TPSA) is 145 Å². The van der Waals surface area contributed by atoms with Crippen molar-refractivity contribution in [1.82, 2.24) is 19.8 Å². The van der Waals surface area contributed by atoms with Crippen LogP contribution in [-0.4, -0.2) is 72.6 Å². The first-order valence-corrected chi connectivity index (χ1v) is 14.5. The van der Waals surface area contributed by atoms with E-state index in [0.29, 0.717) is 33.9 Å². The fourth-order valence-corrected chi connectivity index (χ4v) is 5.67. The van der Waals surface area contributed by atoms with Gasteiger partial charge < -0.3 is 25.6 Å². The number of para-hydroxylation sites is 2. The van der Waals surface area contributed by atoms with Crippen LogP contribution in [0.4, 0.5) is 17.3 Å². The summed E-state index contributed by atoms with van der Waals surface area (Å²) in [4.78, 5) is 46.8. The quantitative estimate of drug-likeness (QED) is 0.312. The molecule has 42 heavy (non-hydrogen) atoms. The fraction of sp³-hybridized carbons (Fsp3) is 0.345. The molecule has 2 aromatic heterocycles. The van der Waals surface area contributed by atoms with Gasteiger partial charge in [-0.2, -0.15) is 5.26 Å². The van der Waals surface area contributed by atoms with Gasteiger partial charge in [-0.25, -0.2) is 4.98 Å². The summed E-state index contributed by atoms with van der Waals surface area (Å²) < 4.78 is 7.48. The van der Waals surface area contributed by atoms with E-state index in [1.54, 1.807) is 39.2 Å². The molecule has 2 amide bonds. The standard InChI is InChI=1S/C29H34N8O4S/c1-4-31-27(39)20(17-30)29-37(5-2)28(40)23(42-29)18-32-24-11-8-12-25(33-24)34-26(38)19-35-13-15-36(16-14-35)21-9-6-7-10-22(21)41-3/h6-12,18H,4-5,13-16,19H2,1-3H3,(H,31,39)(H2,32,33,34,38). The molecule has 3 N–H and O–H groups in total. The molecular weight excluding hydrogens is 556 g/mol. The van der Waals surface area contributed by atoms with Crippen molar-refractivity contribution in [3.8, 4) is 11.8 Å². The van der Waals surface area contributed by atoms with Gasteiger partial charge >= 0.3 is 0 Å². The minimum Gasteiger partial charge on any atom is -0.495 e. The van der Waals surface area contributed by atoms with Crippen LogP contribution in [0.15, 0.2) is 47.3 Å². The van der Waals surface area contributed by atoms with Gasteiger partial charge in [0.2, 0.25) is 5.91 Å². The van der Waals surface area contributed by atoms with Crippen molar-refractivity contribution in [2.45, 2.75) is 20.4 Å². The molecule has 1 fully saturated rings. The first kappa shape index (κ1) is 30.3. The number of nitriles is 1. The van der Waals surface area contributed by atoms with Crippen LogP contribution in [0.5, 0.6) is 5.75 Å². The molecule has 0 unspecified atom stereocenters. The number of nitrogens with zero attached hydrogens (tertiary/aromatic N) is 5. The molecule has 1 aliphatic heterocycles. The van der Waals surface area contributed by atoms with Crippen molar-refractivity contribution < 1.29 is 14.3 Å². The summed E-state index contributed by atoms with van der Waals surface area (Å²) in [6, 6.07) is 15.0. The molecule has 3 aromatic rings. The minimum atomic E-state index is -0.522. The normalized spacial score (nSPS) is 14.6. The van der Waals surface area contributed by atoms with E-state index >= 15 is 0 Å². The van der Waals surface area contributed by atoms with Gasteiger partial charge in [-0.05, 0) is 38.1 Å². The number of carbonyl (C=O) groups excluding carboxylic acids is 2. The van der Waals surface area contributed by atoms with Crippen LogP contribution in [0.25, 0.3) is 11.8 Å². The number of anilines is 3. The number of aromatic nitrogens is 2. The Labute approximate surface area is 247 Å². The third-order valence-electron chi connectivity index (χ3n) is 6.65. The van der Waals surface area contributed by atoms with Gasteiger partial charge in [-0.3, -0.25) is 23.9 Å². The molecule has 0 atom stereocenters. The maximum absolute atomic E-state index is 12.9. The highest BCUT2D eigenvalue weighted by Crippen LogP contribution is 2.28. The van der Waals surface area contributed by atoms with Gasteiger partial charge in [0.1, 0.15) is 32.6 Å². The summed E-state index contributed by atoms with van der Waals surface area (Å²) in [5.74, 6) is 0.934. The van der Waals surface area contributed by atoms with Crippen molar-refractivity contribution in [2.75, 3.05) is 61.9 Å². The molecule has 13 heteroatoms. The summed E-state index contributed by atoms with van der Waals surface area (Å²) in [6.45, 7) is 7.47. The molecule has 1 aromatic carbocycles. The molecule has 1 aliphatic rings. The summed E-state index contributed by atoms with van der Waals surface area (Å²) in [6.07, 6.45) is 1.49. The van der Waals surface area contributed by atoms with Gasteiger partial charge in [0.05, 0.1) is 19.3 Å². The minimum absolute atomic E-state index is 0.107. The number of carbonyl (C=O) groups is 2. The van der Waals surface area contributed by atoms with Crippen LogP contribution < -0.4 is 40.3 Å². The lowest BCUT2D eigenvalue weighted by Crippen LogP contribution is -2.48. The van der Waals surface area contributed by atoms with E-state index in [2.05, 4.69) is 30.7 Å². The number of benzene rings is 1.